The van der Waals surface area contributed by atoms with Gasteiger partial charge >= 0.3 is 0 Å². The maximum absolute atomic E-state index is 9.97. The molecule has 0 radical (unpaired) electrons. The van der Waals surface area contributed by atoms with Crippen LogP contribution in [-0.2, 0) is 6.42 Å². The van der Waals surface area contributed by atoms with Crippen LogP contribution < -0.4 is 10.1 Å². The molecule has 2 N–H and O–H groups in total. The van der Waals surface area contributed by atoms with Gasteiger partial charge in [0, 0.05) is 18.3 Å². The van der Waals surface area contributed by atoms with E-state index in [2.05, 4.69) is 30.1 Å². The van der Waals surface area contributed by atoms with Crippen LogP contribution in [0.3, 0.4) is 0 Å². The average Bonchev–Trinajstić information content (AvgIpc) is 2.54. The molecule has 1 aliphatic rings. The first kappa shape index (κ1) is 16.7. The number of benzene rings is 1. The Kier molecular flexibility index (Phi) is 7.41. The van der Waals surface area contributed by atoms with Gasteiger partial charge in [0.05, 0.1) is 0 Å². The van der Waals surface area contributed by atoms with Crippen molar-refractivity contribution in [2.45, 2.75) is 44.0 Å². The van der Waals surface area contributed by atoms with Crippen LogP contribution in [0.15, 0.2) is 24.3 Å². The molecule has 1 saturated heterocycles. The molecule has 118 valence electrons. The Morgan fingerprint density at radius 3 is 3.10 bits per heavy atom. The second kappa shape index (κ2) is 9.34. The summed E-state index contributed by atoms with van der Waals surface area (Å²) in [6, 6.07) is 8.07. The van der Waals surface area contributed by atoms with E-state index in [-0.39, 0.29) is 0 Å². The summed E-state index contributed by atoms with van der Waals surface area (Å²) in [5.41, 5.74) is 1.26. The molecular formula is C17H27NO2S. The van der Waals surface area contributed by atoms with Gasteiger partial charge in [-0.3, -0.25) is 0 Å². The first-order chi connectivity index (χ1) is 10.3. The number of aliphatic hydroxyl groups is 1. The quantitative estimate of drug-likeness (QED) is 0.775. The Labute approximate surface area is 132 Å². The van der Waals surface area contributed by atoms with Crippen LogP contribution in [0.1, 0.15) is 31.7 Å². The lowest BCUT2D eigenvalue weighted by atomic mass is 10.2. The molecule has 0 saturated carbocycles. The van der Waals surface area contributed by atoms with Crippen LogP contribution in [0, 0.1) is 0 Å². The summed E-state index contributed by atoms with van der Waals surface area (Å²) < 4.78 is 5.66. The summed E-state index contributed by atoms with van der Waals surface area (Å²) in [6.07, 6.45) is 4.55. The lowest BCUT2D eigenvalue weighted by molar-refractivity contribution is 0.106. The van der Waals surface area contributed by atoms with Gasteiger partial charge in [-0.25, -0.2) is 0 Å². The summed E-state index contributed by atoms with van der Waals surface area (Å²) in [5.74, 6) is 2.13. The second-order valence-electron chi connectivity index (χ2n) is 5.61. The van der Waals surface area contributed by atoms with Gasteiger partial charge in [-0.05, 0) is 42.7 Å². The molecule has 2 atom stereocenters. The molecule has 2 rings (SSSR count). The highest BCUT2D eigenvalue weighted by Crippen LogP contribution is 2.24. The van der Waals surface area contributed by atoms with Crippen molar-refractivity contribution < 1.29 is 9.84 Å². The normalized spacial score (nSPS) is 20.2. The highest BCUT2D eigenvalue weighted by molar-refractivity contribution is 7.99. The number of aliphatic hydroxyl groups excluding tert-OH is 1. The molecular weight excluding hydrogens is 282 g/mol. The van der Waals surface area contributed by atoms with Gasteiger partial charge in [-0.1, -0.05) is 25.5 Å². The van der Waals surface area contributed by atoms with Crippen molar-refractivity contribution in [2.24, 2.45) is 0 Å². The lowest BCUT2D eigenvalue weighted by Crippen LogP contribution is -2.35. The number of thioether (sulfide) groups is 1. The van der Waals surface area contributed by atoms with Crippen molar-refractivity contribution in [2.75, 3.05) is 25.4 Å². The molecule has 1 fully saturated rings. The Bertz CT molecular complexity index is 408. The van der Waals surface area contributed by atoms with E-state index in [9.17, 15) is 5.11 Å². The topological polar surface area (TPSA) is 41.5 Å². The molecule has 0 amide bonds. The molecule has 1 aromatic carbocycles. The summed E-state index contributed by atoms with van der Waals surface area (Å²) in [4.78, 5) is 0. The highest BCUT2D eigenvalue weighted by Gasteiger charge is 2.14. The van der Waals surface area contributed by atoms with Crippen LogP contribution in [-0.4, -0.2) is 41.9 Å². The van der Waals surface area contributed by atoms with E-state index in [1.165, 1.54) is 30.6 Å². The Balaban J connectivity index is 1.61. The average molecular weight is 309 g/mol. The Morgan fingerprint density at radius 2 is 2.33 bits per heavy atom. The van der Waals surface area contributed by atoms with Gasteiger partial charge in [-0.2, -0.15) is 11.8 Å². The van der Waals surface area contributed by atoms with Gasteiger partial charge in [0.1, 0.15) is 18.5 Å². The zero-order valence-electron chi connectivity index (χ0n) is 12.9. The van der Waals surface area contributed by atoms with Crippen LogP contribution in [0.2, 0.25) is 0 Å². The van der Waals surface area contributed by atoms with Gasteiger partial charge in [-0.15, -0.1) is 0 Å². The van der Waals surface area contributed by atoms with Crippen molar-refractivity contribution in [1.29, 1.82) is 0 Å². The first-order valence-corrected chi connectivity index (χ1v) is 9.05. The number of hydrogen-bond acceptors (Lipinski definition) is 4. The largest absolute Gasteiger partial charge is 0.491 e. The van der Waals surface area contributed by atoms with Crippen molar-refractivity contribution in [3.63, 3.8) is 0 Å². The molecule has 1 heterocycles. The molecule has 0 aromatic heterocycles. The SMILES string of the molecule is CCc1cccc(OC[C@H](O)CNC[C@H]2CCCCS2)c1. The lowest BCUT2D eigenvalue weighted by Gasteiger charge is -2.22. The molecule has 0 unspecified atom stereocenters. The predicted octanol–water partition coefficient (Wildman–Crippen LogP) is 2.86. The van der Waals surface area contributed by atoms with E-state index in [0.717, 1.165) is 18.7 Å². The van der Waals surface area contributed by atoms with Gasteiger partial charge in [0.2, 0.25) is 0 Å². The third-order valence-electron chi connectivity index (χ3n) is 3.78. The molecule has 1 aliphatic heterocycles. The van der Waals surface area contributed by atoms with E-state index < -0.39 is 6.10 Å². The summed E-state index contributed by atoms with van der Waals surface area (Å²) in [7, 11) is 0. The predicted molar refractivity (Wildman–Crippen MR) is 90.3 cm³/mol. The van der Waals surface area contributed by atoms with Crippen LogP contribution >= 0.6 is 11.8 Å². The van der Waals surface area contributed by atoms with Crippen molar-refractivity contribution in [3.8, 4) is 5.75 Å². The monoisotopic (exact) mass is 309 g/mol. The summed E-state index contributed by atoms with van der Waals surface area (Å²) in [6.45, 7) is 4.07. The number of hydrogen-bond donors (Lipinski definition) is 2. The van der Waals surface area contributed by atoms with Gasteiger partial charge in [0.15, 0.2) is 0 Å². The van der Waals surface area contributed by atoms with E-state index in [0.29, 0.717) is 18.4 Å². The fourth-order valence-corrected chi connectivity index (χ4v) is 3.76. The van der Waals surface area contributed by atoms with Crippen LogP contribution in [0.5, 0.6) is 5.75 Å². The maximum Gasteiger partial charge on any atom is 0.119 e. The first-order valence-electron chi connectivity index (χ1n) is 8.00. The van der Waals surface area contributed by atoms with Gasteiger partial charge in [0.25, 0.3) is 0 Å². The minimum absolute atomic E-state index is 0.345. The molecule has 4 heteroatoms. The number of nitrogens with one attached hydrogen (secondary N) is 1. The number of aryl methyl sites for hydroxylation is 1. The van der Waals surface area contributed by atoms with Crippen molar-refractivity contribution in [3.05, 3.63) is 29.8 Å². The fourth-order valence-electron chi connectivity index (χ4n) is 2.49. The molecule has 0 bridgehead atoms. The third kappa shape index (κ3) is 6.29. The highest BCUT2D eigenvalue weighted by atomic mass is 32.2. The van der Waals surface area contributed by atoms with Gasteiger partial charge < -0.3 is 15.2 Å². The number of rotatable bonds is 8. The number of ether oxygens (including phenoxy) is 1. The molecule has 0 aliphatic carbocycles. The smallest absolute Gasteiger partial charge is 0.119 e. The summed E-state index contributed by atoms with van der Waals surface area (Å²) in [5, 5.41) is 14.1. The van der Waals surface area contributed by atoms with E-state index in [1.54, 1.807) is 0 Å². The van der Waals surface area contributed by atoms with Crippen molar-refractivity contribution >= 4 is 11.8 Å². The molecule has 3 nitrogen and oxygen atoms in total. The zero-order valence-corrected chi connectivity index (χ0v) is 13.7. The van der Waals surface area contributed by atoms with E-state index >= 15 is 0 Å². The third-order valence-corrected chi connectivity index (χ3v) is 5.17. The van der Waals surface area contributed by atoms with Crippen molar-refractivity contribution in [1.82, 2.24) is 5.32 Å². The summed E-state index contributed by atoms with van der Waals surface area (Å²) >= 11 is 2.05. The van der Waals surface area contributed by atoms with E-state index in [4.69, 9.17) is 4.74 Å². The maximum atomic E-state index is 9.97. The molecule has 0 spiro atoms. The standard InChI is InChI=1S/C17H27NO2S/c1-2-14-6-5-7-16(10-14)20-13-15(19)11-18-12-17-8-3-4-9-21-17/h5-7,10,15,17-19H,2-4,8-9,11-13H2,1H3/t15-,17-/m1/s1. The van der Waals surface area contributed by atoms with E-state index in [1.807, 2.05) is 18.2 Å². The van der Waals surface area contributed by atoms with Crippen LogP contribution in [0.4, 0.5) is 0 Å². The van der Waals surface area contributed by atoms with Crippen LogP contribution in [0.25, 0.3) is 0 Å². The minimum atomic E-state index is -0.455. The Morgan fingerprint density at radius 1 is 1.43 bits per heavy atom. The second-order valence-corrected chi connectivity index (χ2v) is 7.02. The minimum Gasteiger partial charge on any atom is -0.491 e. The zero-order chi connectivity index (χ0) is 14.9. The fraction of sp³-hybridized carbons (Fsp3) is 0.647. The molecule has 21 heavy (non-hydrogen) atoms. The molecule has 1 aromatic rings. The Hall–Kier alpha value is -0.710.